The van der Waals surface area contributed by atoms with E-state index in [1.807, 2.05) is 12.1 Å². The summed E-state index contributed by atoms with van der Waals surface area (Å²) < 4.78 is 5.41. The molecule has 1 N–H and O–H groups in total. The standard InChI is InChI=1S/C16H21NO/c1-11-7-8-15(10-12(11)2)13(3)17-14(4)16-6-5-9-18-16/h5-10,13-14,17H,1-4H3/t13?,14-/m0/s1. The predicted octanol–water partition coefficient (Wildman–Crippen LogP) is 4.31. The van der Waals surface area contributed by atoms with Crippen molar-refractivity contribution in [1.82, 2.24) is 5.32 Å². The van der Waals surface area contributed by atoms with Gasteiger partial charge in [0.1, 0.15) is 5.76 Å². The van der Waals surface area contributed by atoms with Gasteiger partial charge < -0.3 is 9.73 Å². The van der Waals surface area contributed by atoms with E-state index in [0.29, 0.717) is 6.04 Å². The Morgan fingerprint density at radius 2 is 1.78 bits per heavy atom. The van der Waals surface area contributed by atoms with Crippen molar-refractivity contribution in [3.05, 3.63) is 59.0 Å². The third-order valence-electron chi connectivity index (χ3n) is 3.50. The van der Waals surface area contributed by atoms with Crippen LogP contribution < -0.4 is 5.32 Å². The van der Waals surface area contributed by atoms with Gasteiger partial charge in [0.2, 0.25) is 0 Å². The molecule has 1 heterocycles. The molecule has 0 saturated heterocycles. The lowest BCUT2D eigenvalue weighted by atomic mass is 10.0. The molecule has 0 bridgehead atoms. The maximum atomic E-state index is 5.41. The summed E-state index contributed by atoms with van der Waals surface area (Å²) in [5.41, 5.74) is 3.99. The highest BCUT2D eigenvalue weighted by Gasteiger charge is 2.13. The summed E-state index contributed by atoms with van der Waals surface area (Å²) in [4.78, 5) is 0. The average Bonchev–Trinajstić information content (AvgIpc) is 2.86. The van der Waals surface area contributed by atoms with Crippen LogP contribution in [-0.2, 0) is 0 Å². The van der Waals surface area contributed by atoms with Crippen LogP contribution in [0.4, 0.5) is 0 Å². The van der Waals surface area contributed by atoms with Crippen LogP contribution in [0.5, 0.6) is 0 Å². The molecule has 2 aromatic rings. The Morgan fingerprint density at radius 1 is 1.00 bits per heavy atom. The molecule has 0 aliphatic heterocycles. The summed E-state index contributed by atoms with van der Waals surface area (Å²) >= 11 is 0. The number of benzene rings is 1. The van der Waals surface area contributed by atoms with Gasteiger partial charge in [0.25, 0.3) is 0 Å². The van der Waals surface area contributed by atoms with Crippen LogP contribution in [0.1, 0.15) is 48.4 Å². The van der Waals surface area contributed by atoms with E-state index in [0.717, 1.165) is 5.76 Å². The topological polar surface area (TPSA) is 25.2 Å². The lowest BCUT2D eigenvalue weighted by Crippen LogP contribution is -2.22. The van der Waals surface area contributed by atoms with Crippen LogP contribution in [0.25, 0.3) is 0 Å². The molecule has 2 rings (SSSR count). The first kappa shape index (κ1) is 12.9. The minimum Gasteiger partial charge on any atom is -0.468 e. The lowest BCUT2D eigenvalue weighted by Gasteiger charge is -2.19. The molecule has 0 aliphatic rings. The fourth-order valence-corrected chi connectivity index (χ4v) is 2.12. The number of furan rings is 1. The number of nitrogens with one attached hydrogen (secondary N) is 1. The van der Waals surface area contributed by atoms with Crippen LogP contribution in [0.2, 0.25) is 0 Å². The van der Waals surface area contributed by atoms with E-state index in [4.69, 9.17) is 4.42 Å². The molecule has 96 valence electrons. The van der Waals surface area contributed by atoms with Gasteiger partial charge in [-0.15, -0.1) is 0 Å². The van der Waals surface area contributed by atoms with Crippen molar-refractivity contribution in [2.45, 2.75) is 39.8 Å². The van der Waals surface area contributed by atoms with E-state index in [-0.39, 0.29) is 6.04 Å². The van der Waals surface area contributed by atoms with Gasteiger partial charge in [0, 0.05) is 6.04 Å². The van der Waals surface area contributed by atoms with Crippen molar-refractivity contribution < 1.29 is 4.42 Å². The number of hydrogen-bond donors (Lipinski definition) is 1. The van der Waals surface area contributed by atoms with Crippen molar-refractivity contribution >= 4 is 0 Å². The minimum atomic E-state index is 0.219. The third kappa shape index (κ3) is 2.82. The molecule has 1 aromatic heterocycles. The second-order valence-corrected chi connectivity index (χ2v) is 4.97. The lowest BCUT2D eigenvalue weighted by molar-refractivity contribution is 0.403. The summed E-state index contributed by atoms with van der Waals surface area (Å²) in [6, 6.07) is 11.1. The van der Waals surface area contributed by atoms with Gasteiger partial charge in [-0.3, -0.25) is 0 Å². The fourth-order valence-electron chi connectivity index (χ4n) is 2.12. The van der Waals surface area contributed by atoms with Crippen LogP contribution >= 0.6 is 0 Å². The summed E-state index contributed by atoms with van der Waals surface area (Å²) in [7, 11) is 0. The normalized spacial score (nSPS) is 14.4. The van der Waals surface area contributed by atoms with Gasteiger partial charge in [-0.2, -0.15) is 0 Å². The number of rotatable bonds is 4. The fraction of sp³-hybridized carbons (Fsp3) is 0.375. The molecule has 0 radical (unpaired) electrons. The van der Waals surface area contributed by atoms with Crippen molar-refractivity contribution in [3.63, 3.8) is 0 Å². The second kappa shape index (κ2) is 5.40. The first-order chi connectivity index (χ1) is 8.58. The largest absolute Gasteiger partial charge is 0.468 e. The highest BCUT2D eigenvalue weighted by Crippen LogP contribution is 2.21. The Labute approximate surface area is 109 Å². The maximum Gasteiger partial charge on any atom is 0.120 e. The molecule has 0 aliphatic carbocycles. The van der Waals surface area contributed by atoms with Crippen molar-refractivity contribution in [1.29, 1.82) is 0 Å². The van der Waals surface area contributed by atoms with Gasteiger partial charge in [-0.1, -0.05) is 18.2 Å². The predicted molar refractivity (Wildman–Crippen MR) is 74.6 cm³/mol. The van der Waals surface area contributed by atoms with E-state index in [9.17, 15) is 0 Å². The summed E-state index contributed by atoms with van der Waals surface area (Å²) in [5, 5.41) is 3.55. The molecule has 2 heteroatoms. The van der Waals surface area contributed by atoms with Crippen LogP contribution in [0.3, 0.4) is 0 Å². The van der Waals surface area contributed by atoms with E-state index in [1.54, 1.807) is 6.26 Å². The van der Waals surface area contributed by atoms with E-state index < -0.39 is 0 Å². The quantitative estimate of drug-likeness (QED) is 0.865. The zero-order valence-corrected chi connectivity index (χ0v) is 11.5. The van der Waals surface area contributed by atoms with Crippen LogP contribution in [0.15, 0.2) is 41.0 Å². The monoisotopic (exact) mass is 243 g/mol. The molecule has 1 aromatic carbocycles. The maximum absolute atomic E-state index is 5.41. The molecule has 1 unspecified atom stereocenters. The van der Waals surface area contributed by atoms with Gasteiger partial charge in [0.15, 0.2) is 0 Å². The molecular formula is C16H21NO. The van der Waals surface area contributed by atoms with Crippen molar-refractivity contribution in [2.75, 3.05) is 0 Å². The van der Waals surface area contributed by atoms with Gasteiger partial charge in [-0.25, -0.2) is 0 Å². The average molecular weight is 243 g/mol. The Bertz CT molecular complexity index is 502. The smallest absolute Gasteiger partial charge is 0.120 e. The van der Waals surface area contributed by atoms with Gasteiger partial charge in [-0.05, 0) is 56.5 Å². The van der Waals surface area contributed by atoms with Crippen molar-refractivity contribution in [3.8, 4) is 0 Å². The summed E-state index contributed by atoms with van der Waals surface area (Å²) in [6.45, 7) is 8.60. The highest BCUT2D eigenvalue weighted by atomic mass is 16.3. The molecule has 0 amide bonds. The molecule has 2 atom stereocenters. The van der Waals surface area contributed by atoms with Crippen LogP contribution in [-0.4, -0.2) is 0 Å². The van der Waals surface area contributed by atoms with E-state index in [2.05, 4.69) is 51.2 Å². The number of aryl methyl sites for hydroxylation is 2. The first-order valence-corrected chi connectivity index (χ1v) is 6.44. The zero-order chi connectivity index (χ0) is 13.1. The summed E-state index contributed by atoms with van der Waals surface area (Å²) in [6.07, 6.45) is 1.72. The first-order valence-electron chi connectivity index (χ1n) is 6.44. The Hall–Kier alpha value is -1.54. The molecule has 2 nitrogen and oxygen atoms in total. The minimum absolute atomic E-state index is 0.219. The molecule has 0 fully saturated rings. The Balaban J connectivity index is 2.07. The SMILES string of the molecule is Cc1ccc(C(C)N[C@@H](C)c2ccco2)cc1C. The van der Waals surface area contributed by atoms with Gasteiger partial charge in [0.05, 0.1) is 12.3 Å². The summed E-state index contributed by atoms with van der Waals surface area (Å²) in [5.74, 6) is 0.977. The third-order valence-corrected chi connectivity index (χ3v) is 3.50. The molecule has 0 spiro atoms. The molecule has 0 saturated carbocycles. The zero-order valence-electron chi connectivity index (χ0n) is 11.5. The highest BCUT2D eigenvalue weighted by molar-refractivity contribution is 5.31. The molecular weight excluding hydrogens is 222 g/mol. The van der Waals surface area contributed by atoms with E-state index in [1.165, 1.54) is 16.7 Å². The van der Waals surface area contributed by atoms with Crippen LogP contribution in [0, 0.1) is 13.8 Å². The Kier molecular flexibility index (Phi) is 3.87. The Morgan fingerprint density at radius 3 is 2.39 bits per heavy atom. The molecule has 18 heavy (non-hydrogen) atoms. The number of hydrogen-bond acceptors (Lipinski definition) is 2. The van der Waals surface area contributed by atoms with Gasteiger partial charge >= 0.3 is 0 Å². The van der Waals surface area contributed by atoms with Crippen molar-refractivity contribution in [2.24, 2.45) is 0 Å². The second-order valence-electron chi connectivity index (χ2n) is 4.97. The van der Waals surface area contributed by atoms with E-state index >= 15 is 0 Å².